The second kappa shape index (κ2) is 11.4. The van der Waals surface area contributed by atoms with E-state index in [0.29, 0.717) is 6.61 Å². The first-order chi connectivity index (χ1) is 7.70. The van der Waals surface area contributed by atoms with Crippen LogP contribution in [0, 0.1) is 11.8 Å². The SMILES string of the molecule is CNCC(CCCOCCOC)CC(C)C. The third-order valence-electron chi connectivity index (χ3n) is 2.63. The van der Waals surface area contributed by atoms with Gasteiger partial charge in [-0.1, -0.05) is 13.8 Å². The Hall–Kier alpha value is -0.120. The highest BCUT2D eigenvalue weighted by molar-refractivity contribution is 4.63. The highest BCUT2D eigenvalue weighted by Crippen LogP contribution is 2.16. The molecule has 0 fully saturated rings. The fourth-order valence-corrected chi connectivity index (χ4v) is 1.98. The molecular weight excluding hydrogens is 202 g/mol. The van der Waals surface area contributed by atoms with Crippen LogP contribution in [-0.4, -0.2) is 40.5 Å². The van der Waals surface area contributed by atoms with Crippen molar-refractivity contribution in [3.05, 3.63) is 0 Å². The smallest absolute Gasteiger partial charge is 0.0700 e. The van der Waals surface area contributed by atoms with Crippen LogP contribution in [0.2, 0.25) is 0 Å². The molecule has 0 spiro atoms. The van der Waals surface area contributed by atoms with Gasteiger partial charge in [-0.05, 0) is 44.7 Å². The minimum absolute atomic E-state index is 0.700. The van der Waals surface area contributed by atoms with Gasteiger partial charge in [-0.3, -0.25) is 0 Å². The molecule has 0 aromatic rings. The van der Waals surface area contributed by atoms with E-state index in [4.69, 9.17) is 9.47 Å². The fraction of sp³-hybridized carbons (Fsp3) is 1.00. The molecule has 0 aromatic heterocycles. The summed E-state index contributed by atoms with van der Waals surface area (Å²) >= 11 is 0. The summed E-state index contributed by atoms with van der Waals surface area (Å²) in [6, 6.07) is 0. The van der Waals surface area contributed by atoms with Crippen LogP contribution in [0.1, 0.15) is 33.1 Å². The molecule has 0 saturated carbocycles. The number of rotatable bonds is 11. The van der Waals surface area contributed by atoms with Crippen LogP contribution in [0.4, 0.5) is 0 Å². The molecule has 16 heavy (non-hydrogen) atoms. The second-order valence-electron chi connectivity index (χ2n) is 4.80. The summed E-state index contributed by atoms with van der Waals surface area (Å²) in [5, 5.41) is 3.27. The first kappa shape index (κ1) is 15.9. The Morgan fingerprint density at radius 2 is 1.88 bits per heavy atom. The van der Waals surface area contributed by atoms with Crippen molar-refractivity contribution in [3.63, 3.8) is 0 Å². The van der Waals surface area contributed by atoms with Gasteiger partial charge in [-0.15, -0.1) is 0 Å². The molecule has 0 radical (unpaired) electrons. The van der Waals surface area contributed by atoms with Gasteiger partial charge in [-0.25, -0.2) is 0 Å². The summed E-state index contributed by atoms with van der Waals surface area (Å²) in [4.78, 5) is 0. The Labute approximate surface area is 101 Å². The number of hydrogen-bond acceptors (Lipinski definition) is 3. The third-order valence-corrected chi connectivity index (χ3v) is 2.63. The molecule has 0 aliphatic carbocycles. The monoisotopic (exact) mass is 231 g/mol. The molecule has 3 heteroatoms. The zero-order valence-corrected chi connectivity index (χ0v) is 11.4. The van der Waals surface area contributed by atoms with Gasteiger partial charge < -0.3 is 14.8 Å². The first-order valence-corrected chi connectivity index (χ1v) is 6.42. The molecule has 98 valence electrons. The van der Waals surface area contributed by atoms with Gasteiger partial charge in [-0.2, -0.15) is 0 Å². The molecule has 0 bridgehead atoms. The van der Waals surface area contributed by atoms with Crippen LogP contribution < -0.4 is 5.32 Å². The average molecular weight is 231 g/mol. The van der Waals surface area contributed by atoms with Crippen LogP contribution in [0.3, 0.4) is 0 Å². The van der Waals surface area contributed by atoms with E-state index in [1.165, 1.54) is 12.8 Å². The van der Waals surface area contributed by atoms with Gasteiger partial charge in [0.05, 0.1) is 13.2 Å². The van der Waals surface area contributed by atoms with E-state index in [0.717, 1.165) is 38.0 Å². The molecular formula is C13H29NO2. The van der Waals surface area contributed by atoms with Crippen molar-refractivity contribution in [2.24, 2.45) is 11.8 Å². The molecule has 1 N–H and O–H groups in total. The van der Waals surface area contributed by atoms with Crippen molar-refractivity contribution in [3.8, 4) is 0 Å². The van der Waals surface area contributed by atoms with Gasteiger partial charge >= 0.3 is 0 Å². The molecule has 0 heterocycles. The molecule has 3 nitrogen and oxygen atoms in total. The van der Waals surface area contributed by atoms with E-state index in [9.17, 15) is 0 Å². The molecule has 1 atom stereocenters. The first-order valence-electron chi connectivity index (χ1n) is 6.42. The Morgan fingerprint density at radius 1 is 1.12 bits per heavy atom. The largest absolute Gasteiger partial charge is 0.382 e. The summed E-state index contributed by atoms with van der Waals surface area (Å²) in [5.74, 6) is 1.57. The maximum Gasteiger partial charge on any atom is 0.0700 e. The van der Waals surface area contributed by atoms with Crippen LogP contribution in [0.25, 0.3) is 0 Å². The van der Waals surface area contributed by atoms with E-state index in [1.54, 1.807) is 7.11 Å². The lowest BCUT2D eigenvalue weighted by molar-refractivity contribution is 0.0668. The van der Waals surface area contributed by atoms with E-state index < -0.39 is 0 Å². The lowest BCUT2D eigenvalue weighted by Gasteiger charge is -2.18. The zero-order valence-electron chi connectivity index (χ0n) is 11.4. The van der Waals surface area contributed by atoms with Crippen LogP contribution in [0.15, 0.2) is 0 Å². The maximum absolute atomic E-state index is 5.46. The standard InChI is InChI=1S/C13H29NO2/c1-12(2)10-13(11-14-3)6-5-7-16-9-8-15-4/h12-14H,5-11H2,1-4H3. The van der Waals surface area contributed by atoms with Gasteiger partial charge in [0, 0.05) is 13.7 Å². The average Bonchev–Trinajstić information content (AvgIpc) is 2.22. The van der Waals surface area contributed by atoms with Gasteiger partial charge in [0.25, 0.3) is 0 Å². The van der Waals surface area contributed by atoms with Crippen molar-refractivity contribution in [2.45, 2.75) is 33.1 Å². The quantitative estimate of drug-likeness (QED) is 0.554. The highest BCUT2D eigenvalue weighted by Gasteiger charge is 2.09. The Kier molecular flexibility index (Phi) is 11.3. The van der Waals surface area contributed by atoms with Crippen molar-refractivity contribution < 1.29 is 9.47 Å². The molecule has 0 aliphatic rings. The van der Waals surface area contributed by atoms with Crippen molar-refractivity contribution in [2.75, 3.05) is 40.5 Å². The highest BCUT2D eigenvalue weighted by atomic mass is 16.5. The second-order valence-corrected chi connectivity index (χ2v) is 4.80. The fourth-order valence-electron chi connectivity index (χ4n) is 1.98. The Balaban J connectivity index is 3.44. The van der Waals surface area contributed by atoms with E-state index in [-0.39, 0.29) is 0 Å². The summed E-state index contributed by atoms with van der Waals surface area (Å²) in [6.07, 6.45) is 3.72. The van der Waals surface area contributed by atoms with E-state index in [2.05, 4.69) is 19.2 Å². The van der Waals surface area contributed by atoms with Gasteiger partial charge in [0.15, 0.2) is 0 Å². The molecule has 0 amide bonds. The van der Waals surface area contributed by atoms with Gasteiger partial charge in [0.2, 0.25) is 0 Å². The third kappa shape index (κ3) is 10.4. The topological polar surface area (TPSA) is 30.5 Å². The predicted octanol–water partition coefficient (Wildman–Crippen LogP) is 2.31. The Bertz CT molecular complexity index is 140. The predicted molar refractivity (Wildman–Crippen MR) is 68.8 cm³/mol. The number of ether oxygens (including phenoxy) is 2. The number of hydrogen-bond donors (Lipinski definition) is 1. The number of methoxy groups -OCH3 is 1. The van der Waals surface area contributed by atoms with Crippen molar-refractivity contribution in [1.29, 1.82) is 0 Å². The molecule has 0 aliphatic heterocycles. The zero-order chi connectivity index (χ0) is 12.2. The minimum Gasteiger partial charge on any atom is -0.382 e. The summed E-state index contributed by atoms with van der Waals surface area (Å²) < 4.78 is 10.4. The van der Waals surface area contributed by atoms with Crippen LogP contribution >= 0.6 is 0 Å². The molecule has 0 aromatic carbocycles. The van der Waals surface area contributed by atoms with E-state index >= 15 is 0 Å². The lowest BCUT2D eigenvalue weighted by atomic mass is 9.93. The molecule has 0 saturated heterocycles. The van der Waals surface area contributed by atoms with Gasteiger partial charge in [0.1, 0.15) is 0 Å². The van der Waals surface area contributed by atoms with Crippen molar-refractivity contribution >= 4 is 0 Å². The summed E-state index contributed by atoms with van der Waals surface area (Å²) in [6.45, 7) is 7.98. The van der Waals surface area contributed by atoms with E-state index in [1.807, 2.05) is 7.05 Å². The van der Waals surface area contributed by atoms with Crippen LogP contribution in [0.5, 0.6) is 0 Å². The summed E-state index contributed by atoms with van der Waals surface area (Å²) in [5.41, 5.74) is 0. The normalized spacial score (nSPS) is 13.3. The molecule has 0 rings (SSSR count). The molecule has 1 unspecified atom stereocenters. The number of nitrogens with one attached hydrogen (secondary N) is 1. The Morgan fingerprint density at radius 3 is 2.44 bits per heavy atom. The van der Waals surface area contributed by atoms with Crippen molar-refractivity contribution in [1.82, 2.24) is 5.32 Å². The van der Waals surface area contributed by atoms with Crippen LogP contribution in [-0.2, 0) is 9.47 Å². The lowest BCUT2D eigenvalue weighted by Crippen LogP contribution is -2.20. The maximum atomic E-state index is 5.46. The summed E-state index contributed by atoms with van der Waals surface area (Å²) in [7, 11) is 3.73. The minimum atomic E-state index is 0.700.